The lowest BCUT2D eigenvalue weighted by molar-refractivity contribution is -0.134. The molecule has 32 heavy (non-hydrogen) atoms. The number of fused-ring (bicyclic) bond motifs is 1. The smallest absolute Gasteiger partial charge is 0.257 e. The first-order valence-electron chi connectivity index (χ1n) is 10.2. The SMILES string of the molecule is COc1cccc(CNC(=O)C2NC(=O)C3C(CNC(=O)c4ccccc4)=CSC3N2)c1. The van der Waals surface area contributed by atoms with E-state index in [0.29, 0.717) is 17.9 Å². The van der Waals surface area contributed by atoms with Gasteiger partial charge in [-0.05, 0) is 40.8 Å². The monoisotopic (exact) mass is 452 g/mol. The van der Waals surface area contributed by atoms with Crippen LogP contribution in [-0.2, 0) is 16.1 Å². The van der Waals surface area contributed by atoms with Crippen molar-refractivity contribution in [3.8, 4) is 5.75 Å². The molecule has 1 saturated heterocycles. The molecule has 4 N–H and O–H groups in total. The van der Waals surface area contributed by atoms with E-state index in [-0.39, 0.29) is 29.6 Å². The maximum Gasteiger partial charge on any atom is 0.257 e. The maximum absolute atomic E-state index is 12.8. The molecular formula is C23H24N4O4S. The van der Waals surface area contributed by atoms with E-state index in [1.165, 1.54) is 11.8 Å². The van der Waals surface area contributed by atoms with Crippen molar-refractivity contribution >= 4 is 29.5 Å². The van der Waals surface area contributed by atoms with E-state index in [0.717, 1.165) is 11.1 Å². The largest absolute Gasteiger partial charge is 0.497 e. The highest BCUT2D eigenvalue weighted by Crippen LogP contribution is 2.36. The Morgan fingerprint density at radius 3 is 2.66 bits per heavy atom. The Bertz CT molecular complexity index is 1040. The van der Waals surface area contributed by atoms with Crippen LogP contribution in [0.25, 0.3) is 0 Å². The van der Waals surface area contributed by atoms with Gasteiger partial charge in [0.05, 0.1) is 18.4 Å². The number of carbonyl (C=O) groups excluding carboxylic acids is 3. The molecular weight excluding hydrogens is 428 g/mol. The van der Waals surface area contributed by atoms with E-state index in [9.17, 15) is 14.4 Å². The molecule has 0 spiro atoms. The highest BCUT2D eigenvalue weighted by molar-refractivity contribution is 8.03. The first-order valence-corrected chi connectivity index (χ1v) is 11.1. The van der Waals surface area contributed by atoms with Crippen LogP contribution in [0, 0.1) is 5.92 Å². The van der Waals surface area contributed by atoms with Crippen LogP contribution in [-0.4, -0.2) is 42.9 Å². The maximum atomic E-state index is 12.8. The molecule has 2 aliphatic rings. The number of methoxy groups -OCH3 is 1. The third-order valence-electron chi connectivity index (χ3n) is 5.32. The lowest BCUT2D eigenvalue weighted by atomic mass is 9.96. The Hall–Kier alpha value is -3.30. The summed E-state index contributed by atoms with van der Waals surface area (Å²) in [6, 6.07) is 16.3. The molecule has 0 radical (unpaired) electrons. The van der Waals surface area contributed by atoms with Crippen molar-refractivity contribution in [2.24, 2.45) is 5.92 Å². The van der Waals surface area contributed by atoms with Gasteiger partial charge in [0.2, 0.25) is 5.91 Å². The number of benzene rings is 2. The number of carbonyl (C=O) groups is 3. The summed E-state index contributed by atoms with van der Waals surface area (Å²) in [6.07, 6.45) is -0.825. The molecule has 3 unspecified atom stereocenters. The van der Waals surface area contributed by atoms with Gasteiger partial charge in [0.25, 0.3) is 11.8 Å². The number of amides is 3. The average molecular weight is 453 g/mol. The van der Waals surface area contributed by atoms with Crippen molar-refractivity contribution in [2.45, 2.75) is 18.1 Å². The number of hydrogen-bond acceptors (Lipinski definition) is 6. The van der Waals surface area contributed by atoms with Crippen LogP contribution >= 0.6 is 11.8 Å². The predicted octanol–water partition coefficient (Wildman–Crippen LogP) is 1.36. The van der Waals surface area contributed by atoms with Crippen LogP contribution in [0.5, 0.6) is 5.75 Å². The van der Waals surface area contributed by atoms with Crippen molar-refractivity contribution in [1.82, 2.24) is 21.3 Å². The second kappa shape index (κ2) is 9.88. The fraction of sp³-hybridized carbons (Fsp3) is 0.261. The molecule has 0 saturated carbocycles. The minimum absolute atomic E-state index is 0.195. The van der Waals surface area contributed by atoms with Gasteiger partial charge in [0.15, 0.2) is 6.17 Å². The lowest BCUT2D eigenvalue weighted by Gasteiger charge is -2.33. The lowest BCUT2D eigenvalue weighted by Crippen LogP contribution is -2.64. The van der Waals surface area contributed by atoms with Crippen LogP contribution in [0.2, 0.25) is 0 Å². The first-order chi connectivity index (χ1) is 15.5. The van der Waals surface area contributed by atoms with Crippen LogP contribution in [0.4, 0.5) is 0 Å². The topological polar surface area (TPSA) is 109 Å². The summed E-state index contributed by atoms with van der Waals surface area (Å²) in [5.74, 6) is -0.479. The highest BCUT2D eigenvalue weighted by atomic mass is 32.2. The summed E-state index contributed by atoms with van der Waals surface area (Å²) >= 11 is 1.44. The summed E-state index contributed by atoms with van der Waals surface area (Å²) in [5.41, 5.74) is 2.27. The van der Waals surface area contributed by atoms with Gasteiger partial charge in [0.1, 0.15) is 5.75 Å². The molecule has 4 rings (SSSR count). The molecule has 3 amide bonds. The molecule has 0 bridgehead atoms. The van der Waals surface area contributed by atoms with E-state index >= 15 is 0 Å². The van der Waals surface area contributed by atoms with E-state index in [1.54, 1.807) is 31.4 Å². The van der Waals surface area contributed by atoms with Gasteiger partial charge in [-0.2, -0.15) is 0 Å². The zero-order valence-electron chi connectivity index (χ0n) is 17.5. The molecule has 166 valence electrons. The van der Waals surface area contributed by atoms with Crippen molar-refractivity contribution in [3.63, 3.8) is 0 Å². The Labute approximate surface area is 190 Å². The average Bonchev–Trinajstić information content (AvgIpc) is 3.25. The quantitative estimate of drug-likeness (QED) is 0.505. The number of nitrogens with one attached hydrogen (secondary N) is 4. The molecule has 2 aliphatic heterocycles. The number of thioether (sulfide) groups is 1. The summed E-state index contributed by atoms with van der Waals surface area (Å²) in [7, 11) is 1.59. The van der Waals surface area contributed by atoms with Crippen LogP contribution in [0.1, 0.15) is 15.9 Å². The third kappa shape index (κ3) is 4.95. The molecule has 3 atom stereocenters. The van der Waals surface area contributed by atoms with E-state index in [1.807, 2.05) is 35.7 Å². The van der Waals surface area contributed by atoms with Gasteiger partial charge in [-0.3, -0.25) is 19.7 Å². The second-order valence-electron chi connectivity index (χ2n) is 7.45. The predicted molar refractivity (Wildman–Crippen MR) is 122 cm³/mol. The fourth-order valence-electron chi connectivity index (χ4n) is 3.63. The molecule has 1 fully saturated rings. The van der Waals surface area contributed by atoms with Gasteiger partial charge in [-0.1, -0.05) is 30.3 Å². The van der Waals surface area contributed by atoms with Crippen molar-refractivity contribution in [1.29, 1.82) is 0 Å². The van der Waals surface area contributed by atoms with Gasteiger partial charge in [-0.15, -0.1) is 11.8 Å². The van der Waals surface area contributed by atoms with Crippen LogP contribution in [0.3, 0.4) is 0 Å². The molecule has 2 aromatic carbocycles. The Balaban J connectivity index is 1.30. The Morgan fingerprint density at radius 2 is 1.88 bits per heavy atom. The Morgan fingerprint density at radius 1 is 1.06 bits per heavy atom. The van der Waals surface area contributed by atoms with Gasteiger partial charge >= 0.3 is 0 Å². The van der Waals surface area contributed by atoms with Crippen molar-refractivity contribution < 1.29 is 19.1 Å². The molecule has 2 aromatic rings. The number of hydrogen-bond donors (Lipinski definition) is 4. The number of ether oxygens (including phenoxy) is 1. The zero-order valence-corrected chi connectivity index (χ0v) is 18.3. The van der Waals surface area contributed by atoms with Gasteiger partial charge in [0, 0.05) is 18.7 Å². The van der Waals surface area contributed by atoms with Gasteiger partial charge in [-0.25, -0.2) is 0 Å². The van der Waals surface area contributed by atoms with Crippen LogP contribution in [0.15, 0.2) is 65.6 Å². The van der Waals surface area contributed by atoms with Crippen molar-refractivity contribution in [3.05, 3.63) is 76.7 Å². The normalized spacial score (nSPS) is 21.7. The summed E-state index contributed by atoms with van der Waals surface area (Å²) in [6.45, 7) is 0.587. The van der Waals surface area contributed by atoms with E-state index in [2.05, 4.69) is 21.3 Å². The summed E-state index contributed by atoms with van der Waals surface area (Å²) in [4.78, 5) is 37.7. The third-order valence-corrected chi connectivity index (χ3v) is 6.46. The minimum atomic E-state index is -0.825. The first kappa shape index (κ1) is 21.9. The summed E-state index contributed by atoms with van der Waals surface area (Å²) in [5, 5.41) is 13.2. The van der Waals surface area contributed by atoms with Gasteiger partial charge < -0.3 is 20.7 Å². The fourth-order valence-corrected chi connectivity index (χ4v) is 4.85. The zero-order chi connectivity index (χ0) is 22.5. The Kier molecular flexibility index (Phi) is 6.77. The van der Waals surface area contributed by atoms with E-state index < -0.39 is 12.1 Å². The summed E-state index contributed by atoms with van der Waals surface area (Å²) < 4.78 is 5.19. The van der Waals surface area contributed by atoms with Crippen molar-refractivity contribution in [2.75, 3.05) is 13.7 Å². The molecule has 2 heterocycles. The van der Waals surface area contributed by atoms with Crippen LogP contribution < -0.4 is 26.0 Å². The highest BCUT2D eigenvalue weighted by Gasteiger charge is 2.43. The minimum Gasteiger partial charge on any atom is -0.497 e. The molecule has 9 heteroatoms. The second-order valence-corrected chi connectivity index (χ2v) is 8.47. The molecule has 0 aromatic heterocycles. The number of rotatable bonds is 7. The standard InChI is InChI=1S/C23H24N4O4S/c1-31-17-9-5-6-14(10-17)11-24-22(30)19-26-21(29)18-16(13-32-23(18)27-19)12-25-20(28)15-7-3-2-4-8-15/h2-10,13,18-19,23,27H,11-12H2,1H3,(H,24,30)(H,25,28)(H,26,29). The van der Waals surface area contributed by atoms with E-state index in [4.69, 9.17) is 4.74 Å². The molecule has 0 aliphatic carbocycles. The molecule has 8 nitrogen and oxygen atoms in total.